The van der Waals surface area contributed by atoms with Gasteiger partial charge in [-0.2, -0.15) is 0 Å². The maximum absolute atomic E-state index is 13.0. The van der Waals surface area contributed by atoms with Crippen LogP contribution in [0.5, 0.6) is 0 Å². The second-order valence-corrected chi connectivity index (χ2v) is 8.94. The largest absolute Gasteiger partial charge is 0.397 e. The van der Waals surface area contributed by atoms with Crippen molar-refractivity contribution >= 4 is 46.6 Å². The van der Waals surface area contributed by atoms with Crippen molar-refractivity contribution in [2.45, 2.75) is 5.92 Å². The molecule has 2 amide bonds. The fourth-order valence-electron chi connectivity index (χ4n) is 4.18. The topological polar surface area (TPSA) is 87.5 Å². The molecular weight excluding hydrogens is 448 g/mol. The van der Waals surface area contributed by atoms with Crippen molar-refractivity contribution in [2.75, 3.05) is 36.5 Å². The van der Waals surface area contributed by atoms with E-state index in [1.54, 1.807) is 42.5 Å². The Morgan fingerprint density at radius 3 is 2.38 bits per heavy atom. The molecule has 1 aliphatic heterocycles. The molecule has 4 N–H and O–H groups in total. The molecule has 2 atom stereocenters. The number of nitrogen functional groups attached to an aromatic ring is 1. The van der Waals surface area contributed by atoms with Gasteiger partial charge < -0.3 is 21.3 Å². The van der Waals surface area contributed by atoms with Crippen LogP contribution in [0, 0.1) is 5.92 Å². The molecule has 1 fully saturated rings. The van der Waals surface area contributed by atoms with Crippen LogP contribution in [0.4, 0.5) is 17.1 Å². The van der Waals surface area contributed by atoms with Crippen LogP contribution >= 0.6 is 11.6 Å². The van der Waals surface area contributed by atoms with E-state index in [9.17, 15) is 9.59 Å². The van der Waals surface area contributed by atoms with Crippen LogP contribution in [0.25, 0.3) is 6.08 Å². The van der Waals surface area contributed by atoms with Crippen LogP contribution < -0.4 is 16.4 Å². The van der Waals surface area contributed by atoms with Crippen molar-refractivity contribution in [1.29, 1.82) is 0 Å². The minimum atomic E-state index is -0.252. The van der Waals surface area contributed by atoms with Crippen molar-refractivity contribution in [3.63, 3.8) is 0 Å². The quantitative estimate of drug-likeness (QED) is 0.352. The minimum absolute atomic E-state index is 0.00231. The number of hydrogen-bond acceptors (Lipinski definition) is 4. The van der Waals surface area contributed by atoms with E-state index in [-0.39, 0.29) is 23.7 Å². The lowest BCUT2D eigenvalue weighted by Gasteiger charge is -2.19. The monoisotopic (exact) mass is 474 g/mol. The SMILES string of the molecule is CN1C[C@@H](C(=O)Nc2ccc(Cl)cc2)[C@H](c2ccc(C=CC(=O)Nc3ccccc3N)cc2)C1. The first-order valence-electron chi connectivity index (χ1n) is 11.1. The number of nitrogens with two attached hydrogens (primary N) is 1. The van der Waals surface area contributed by atoms with Crippen molar-refractivity contribution in [3.8, 4) is 0 Å². The zero-order valence-corrected chi connectivity index (χ0v) is 19.6. The van der Waals surface area contributed by atoms with Gasteiger partial charge >= 0.3 is 0 Å². The van der Waals surface area contributed by atoms with Gasteiger partial charge in [-0.1, -0.05) is 48.0 Å². The zero-order chi connectivity index (χ0) is 24.1. The third-order valence-corrected chi connectivity index (χ3v) is 6.21. The molecule has 0 unspecified atom stereocenters. The average Bonchev–Trinajstić information content (AvgIpc) is 3.23. The van der Waals surface area contributed by atoms with E-state index in [4.69, 9.17) is 17.3 Å². The van der Waals surface area contributed by atoms with Crippen molar-refractivity contribution in [2.24, 2.45) is 5.92 Å². The van der Waals surface area contributed by atoms with Gasteiger partial charge in [-0.05, 0) is 60.6 Å². The predicted octanol–water partition coefficient (Wildman–Crippen LogP) is 4.86. The molecule has 0 aliphatic carbocycles. The highest BCUT2D eigenvalue weighted by molar-refractivity contribution is 6.30. The van der Waals surface area contributed by atoms with Crippen LogP contribution in [0.3, 0.4) is 0 Å². The summed E-state index contributed by atoms with van der Waals surface area (Å²) in [5, 5.41) is 6.42. The van der Waals surface area contributed by atoms with Gasteiger partial charge in [0.25, 0.3) is 0 Å². The van der Waals surface area contributed by atoms with E-state index in [0.29, 0.717) is 22.9 Å². The smallest absolute Gasteiger partial charge is 0.248 e. The van der Waals surface area contributed by atoms with Gasteiger partial charge in [-0.25, -0.2) is 0 Å². The van der Waals surface area contributed by atoms with E-state index < -0.39 is 0 Å². The molecule has 3 aromatic rings. The molecule has 0 spiro atoms. The number of carbonyl (C=O) groups is 2. The molecule has 34 heavy (non-hydrogen) atoms. The zero-order valence-electron chi connectivity index (χ0n) is 18.9. The van der Waals surface area contributed by atoms with Gasteiger partial charge in [0.1, 0.15) is 0 Å². The molecule has 4 rings (SSSR count). The molecule has 0 saturated carbocycles. The van der Waals surface area contributed by atoms with Crippen molar-refractivity contribution < 1.29 is 9.59 Å². The lowest BCUT2D eigenvalue weighted by atomic mass is 9.88. The molecule has 6 nitrogen and oxygen atoms in total. The summed E-state index contributed by atoms with van der Waals surface area (Å²) >= 11 is 5.94. The highest BCUT2D eigenvalue weighted by Crippen LogP contribution is 2.33. The Kier molecular flexibility index (Phi) is 7.30. The Hall–Kier alpha value is -3.61. The second kappa shape index (κ2) is 10.5. The number of carbonyl (C=O) groups excluding carboxylic acids is 2. The van der Waals surface area contributed by atoms with Crippen LogP contribution in [0.1, 0.15) is 17.0 Å². The number of halogens is 1. The summed E-state index contributed by atoms with van der Waals surface area (Å²) in [6, 6.07) is 22.2. The van der Waals surface area contributed by atoms with Gasteiger partial charge in [0.15, 0.2) is 0 Å². The minimum Gasteiger partial charge on any atom is -0.397 e. The number of nitrogens with one attached hydrogen (secondary N) is 2. The number of benzene rings is 3. The molecular formula is C27H27ClN4O2. The first-order chi connectivity index (χ1) is 16.4. The molecule has 1 heterocycles. The predicted molar refractivity (Wildman–Crippen MR) is 139 cm³/mol. The molecule has 1 aliphatic rings. The Bertz CT molecular complexity index is 1190. The number of nitrogens with zero attached hydrogens (tertiary/aromatic N) is 1. The summed E-state index contributed by atoms with van der Waals surface area (Å²) in [4.78, 5) is 27.4. The number of likely N-dealkylation sites (N-methyl/N-ethyl adjacent to an activating group) is 1. The normalized spacial score (nSPS) is 18.2. The van der Waals surface area contributed by atoms with E-state index in [1.807, 2.05) is 43.4 Å². The molecule has 0 aromatic heterocycles. The number of likely N-dealkylation sites (tertiary alicyclic amines) is 1. The lowest BCUT2D eigenvalue weighted by molar-refractivity contribution is -0.119. The standard InChI is InChI=1S/C27H27ClN4O2/c1-32-16-22(23(17-32)27(34)30-21-13-11-20(28)12-14-21)19-9-6-18(7-10-19)8-15-26(33)31-25-5-3-2-4-24(25)29/h2-15,22-23H,16-17,29H2,1H3,(H,30,34)(H,31,33)/t22-,23+/m0/s1. The van der Waals surface area contributed by atoms with Crippen LogP contribution in [-0.2, 0) is 9.59 Å². The van der Waals surface area contributed by atoms with E-state index in [1.165, 1.54) is 6.08 Å². The lowest BCUT2D eigenvalue weighted by Crippen LogP contribution is -2.28. The highest BCUT2D eigenvalue weighted by Gasteiger charge is 2.36. The maximum Gasteiger partial charge on any atom is 0.248 e. The van der Waals surface area contributed by atoms with Gasteiger partial charge in [-0.3, -0.25) is 9.59 Å². The van der Waals surface area contributed by atoms with Gasteiger partial charge in [0.2, 0.25) is 11.8 Å². The summed E-state index contributed by atoms with van der Waals surface area (Å²) in [5.74, 6) is -0.334. The molecule has 3 aromatic carbocycles. The summed E-state index contributed by atoms with van der Waals surface area (Å²) in [6.45, 7) is 1.49. The molecule has 1 saturated heterocycles. The maximum atomic E-state index is 13.0. The number of amides is 2. The van der Waals surface area contributed by atoms with Crippen molar-refractivity contribution in [3.05, 3.63) is 95.0 Å². The van der Waals surface area contributed by atoms with E-state index >= 15 is 0 Å². The summed E-state index contributed by atoms with van der Waals surface area (Å²) in [5.41, 5.74) is 9.70. The van der Waals surface area contributed by atoms with Gasteiger partial charge in [0.05, 0.1) is 17.3 Å². The average molecular weight is 475 g/mol. The second-order valence-electron chi connectivity index (χ2n) is 8.51. The fourth-order valence-corrected chi connectivity index (χ4v) is 4.31. The number of hydrogen-bond donors (Lipinski definition) is 3. The molecule has 174 valence electrons. The first kappa shape index (κ1) is 23.5. The summed E-state index contributed by atoms with van der Waals surface area (Å²) in [6.07, 6.45) is 3.23. The third-order valence-electron chi connectivity index (χ3n) is 5.96. The number of anilines is 3. The number of para-hydroxylation sites is 2. The molecule has 0 bridgehead atoms. The fraction of sp³-hybridized carbons (Fsp3) is 0.185. The number of rotatable bonds is 6. The van der Waals surface area contributed by atoms with Gasteiger partial charge in [0, 0.05) is 35.8 Å². The van der Waals surface area contributed by atoms with Crippen LogP contribution in [-0.4, -0.2) is 36.9 Å². The van der Waals surface area contributed by atoms with Crippen molar-refractivity contribution in [1.82, 2.24) is 4.90 Å². The Labute approximate surface area is 204 Å². The van der Waals surface area contributed by atoms with Crippen LogP contribution in [0.15, 0.2) is 78.9 Å². The van der Waals surface area contributed by atoms with E-state index in [0.717, 1.165) is 23.4 Å². The Balaban J connectivity index is 1.40. The molecule has 7 heteroatoms. The molecule has 0 radical (unpaired) electrons. The van der Waals surface area contributed by atoms with Gasteiger partial charge in [-0.15, -0.1) is 0 Å². The highest BCUT2D eigenvalue weighted by atomic mass is 35.5. The van der Waals surface area contributed by atoms with E-state index in [2.05, 4.69) is 15.5 Å². The summed E-state index contributed by atoms with van der Waals surface area (Å²) < 4.78 is 0. The first-order valence-corrected chi connectivity index (χ1v) is 11.5. The Morgan fingerprint density at radius 1 is 0.971 bits per heavy atom. The van der Waals surface area contributed by atoms with Crippen LogP contribution in [0.2, 0.25) is 5.02 Å². The summed E-state index contributed by atoms with van der Waals surface area (Å²) in [7, 11) is 2.03. The third kappa shape index (κ3) is 5.84. The Morgan fingerprint density at radius 2 is 1.68 bits per heavy atom.